The van der Waals surface area contributed by atoms with Gasteiger partial charge >= 0.3 is 0 Å². The van der Waals surface area contributed by atoms with Crippen molar-refractivity contribution in [3.8, 4) is 40.0 Å². The number of hydrogen-bond donors (Lipinski definition) is 1. The van der Waals surface area contributed by atoms with Crippen LogP contribution in [-0.4, -0.2) is 31.3 Å². The molecular weight excluding hydrogens is 310 g/mol. The van der Waals surface area contributed by atoms with Gasteiger partial charge < -0.3 is 24.4 Å². The molecule has 0 aliphatic rings. The number of benzene rings is 1. The van der Waals surface area contributed by atoms with Gasteiger partial charge in [-0.15, -0.1) is 0 Å². The van der Waals surface area contributed by atoms with Gasteiger partial charge in [0.15, 0.2) is 17.3 Å². The van der Waals surface area contributed by atoms with E-state index in [4.69, 9.17) is 24.4 Å². The van der Waals surface area contributed by atoms with Crippen LogP contribution in [0.3, 0.4) is 0 Å². The van der Waals surface area contributed by atoms with Crippen molar-refractivity contribution in [1.82, 2.24) is 9.97 Å². The molecule has 0 aliphatic carbocycles. The lowest BCUT2D eigenvalue weighted by Gasteiger charge is -2.14. The molecule has 0 unspecified atom stereocenters. The third kappa shape index (κ3) is 2.83. The fourth-order valence-corrected chi connectivity index (χ4v) is 2.39. The number of rotatable bonds is 5. The molecule has 0 bridgehead atoms. The smallest absolute Gasteiger partial charge is 0.221 e. The van der Waals surface area contributed by atoms with Crippen molar-refractivity contribution in [2.75, 3.05) is 27.1 Å². The zero-order valence-electron chi connectivity index (χ0n) is 13.6. The maximum Gasteiger partial charge on any atom is 0.221 e. The minimum atomic E-state index is 0.146. The molecule has 3 aromatic rings. The summed E-state index contributed by atoms with van der Waals surface area (Å²) in [5.41, 5.74) is 7.82. The second-order valence-corrected chi connectivity index (χ2v) is 4.89. The number of methoxy groups -OCH3 is 3. The molecule has 3 rings (SSSR count). The summed E-state index contributed by atoms with van der Waals surface area (Å²) in [6.07, 6.45) is 1.58. The van der Waals surface area contributed by atoms with Crippen LogP contribution < -0.4 is 19.9 Å². The van der Waals surface area contributed by atoms with Crippen LogP contribution in [0.1, 0.15) is 0 Å². The molecule has 0 saturated carbocycles. The molecule has 0 saturated heterocycles. The molecule has 0 radical (unpaired) electrons. The lowest BCUT2D eigenvalue weighted by Crippen LogP contribution is -2.00. The molecule has 2 aromatic heterocycles. The fraction of sp³-hybridized carbons (Fsp3) is 0.176. The number of aromatic nitrogens is 2. The van der Waals surface area contributed by atoms with E-state index < -0.39 is 0 Å². The van der Waals surface area contributed by atoms with E-state index in [2.05, 4.69) is 9.97 Å². The van der Waals surface area contributed by atoms with E-state index in [0.29, 0.717) is 34.4 Å². The van der Waals surface area contributed by atoms with Crippen LogP contribution in [0.15, 0.2) is 41.0 Å². The topological polar surface area (TPSA) is 92.6 Å². The van der Waals surface area contributed by atoms with Crippen molar-refractivity contribution < 1.29 is 18.6 Å². The Balaban J connectivity index is 2.15. The molecule has 0 atom stereocenters. The van der Waals surface area contributed by atoms with Gasteiger partial charge in [-0.25, -0.2) is 9.97 Å². The molecule has 0 amide bonds. The highest BCUT2D eigenvalue weighted by Gasteiger charge is 2.16. The zero-order valence-corrected chi connectivity index (χ0v) is 13.6. The number of nitrogen functional groups attached to an aromatic ring is 1. The summed E-state index contributed by atoms with van der Waals surface area (Å²) in [6.45, 7) is 0. The van der Waals surface area contributed by atoms with E-state index in [-0.39, 0.29) is 5.95 Å². The first-order valence-electron chi connectivity index (χ1n) is 7.15. The van der Waals surface area contributed by atoms with Crippen LogP contribution in [0, 0.1) is 0 Å². The Bertz CT molecular complexity index is 822. The highest BCUT2D eigenvalue weighted by molar-refractivity contribution is 5.72. The van der Waals surface area contributed by atoms with Gasteiger partial charge in [0.25, 0.3) is 0 Å². The fourth-order valence-electron chi connectivity index (χ4n) is 2.39. The van der Waals surface area contributed by atoms with Gasteiger partial charge in [-0.3, -0.25) is 0 Å². The van der Waals surface area contributed by atoms with E-state index in [1.54, 1.807) is 57.9 Å². The summed E-state index contributed by atoms with van der Waals surface area (Å²) in [5, 5.41) is 0. The predicted octanol–water partition coefficient (Wildman–Crippen LogP) is 3.01. The summed E-state index contributed by atoms with van der Waals surface area (Å²) < 4.78 is 21.5. The van der Waals surface area contributed by atoms with E-state index in [1.165, 1.54) is 0 Å². The third-order valence-corrected chi connectivity index (χ3v) is 3.48. The van der Waals surface area contributed by atoms with Crippen LogP contribution in [0.25, 0.3) is 22.7 Å². The first kappa shape index (κ1) is 15.7. The number of anilines is 1. The Morgan fingerprint density at radius 3 is 2.12 bits per heavy atom. The molecule has 7 heteroatoms. The maximum atomic E-state index is 5.85. The van der Waals surface area contributed by atoms with Crippen molar-refractivity contribution in [3.05, 3.63) is 36.6 Å². The summed E-state index contributed by atoms with van der Waals surface area (Å²) in [7, 11) is 4.67. The quantitative estimate of drug-likeness (QED) is 0.770. The largest absolute Gasteiger partial charge is 0.493 e. The first-order valence-corrected chi connectivity index (χ1v) is 7.15. The molecule has 2 N–H and O–H groups in total. The van der Waals surface area contributed by atoms with E-state index in [1.807, 2.05) is 0 Å². The van der Waals surface area contributed by atoms with Gasteiger partial charge in [0, 0.05) is 5.56 Å². The predicted molar refractivity (Wildman–Crippen MR) is 89.2 cm³/mol. The summed E-state index contributed by atoms with van der Waals surface area (Å²) in [5.74, 6) is 2.33. The molecule has 1 aromatic carbocycles. The highest BCUT2D eigenvalue weighted by Crippen LogP contribution is 2.41. The molecule has 0 fully saturated rings. The standard InChI is InChI=1S/C17H17N3O4/c1-21-14-7-10(8-15(22-2)16(14)23-3)11-9-12(20-17(18)19-11)13-5-4-6-24-13/h4-9H,1-3H3,(H2,18,19,20). The average Bonchev–Trinajstić information content (AvgIpc) is 3.14. The Labute approximate surface area is 139 Å². The monoisotopic (exact) mass is 327 g/mol. The van der Waals surface area contributed by atoms with Crippen LogP contribution in [0.4, 0.5) is 5.95 Å². The highest BCUT2D eigenvalue weighted by atomic mass is 16.5. The Kier molecular flexibility index (Phi) is 4.24. The van der Waals surface area contributed by atoms with Gasteiger partial charge in [-0.1, -0.05) is 0 Å². The van der Waals surface area contributed by atoms with Crippen LogP contribution in [0.2, 0.25) is 0 Å². The summed E-state index contributed by atoms with van der Waals surface area (Å²) >= 11 is 0. The lowest BCUT2D eigenvalue weighted by molar-refractivity contribution is 0.324. The summed E-state index contributed by atoms with van der Waals surface area (Å²) in [4.78, 5) is 8.50. The molecule has 7 nitrogen and oxygen atoms in total. The third-order valence-electron chi connectivity index (χ3n) is 3.48. The first-order chi connectivity index (χ1) is 11.7. The molecule has 0 aliphatic heterocycles. The van der Waals surface area contributed by atoms with Crippen molar-refractivity contribution in [2.24, 2.45) is 0 Å². The van der Waals surface area contributed by atoms with Crippen molar-refractivity contribution in [3.63, 3.8) is 0 Å². The van der Waals surface area contributed by atoms with Crippen molar-refractivity contribution in [1.29, 1.82) is 0 Å². The minimum absolute atomic E-state index is 0.146. The van der Waals surface area contributed by atoms with E-state index >= 15 is 0 Å². The zero-order chi connectivity index (χ0) is 17.1. The number of nitrogens with two attached hydrogens (primary N) is 1. The number of nitrogens with zero attached hydrogens (tertiary/aromatic N) is 2. The SMILES string of the molecule is COc1cc(-c2cc(-c3ccco3)nc(N)n2)cc(OC)c1OC. The van der Waals surface area contributed by atoms with E-state index in [9.17, 15) is 0 Å². The van der Waals surface area contributed by atoms with Crippen molar-refractivity contribution in [2.45, 2.75) is 0 Å². The number of furan rings is 1. The Morgan fingerprint density at radius 2 is 1.58 bits per heavy atom. The van der Waals surface area contributed by atoms with Gasteiger partial charge in [-0.05, 0) is 30.3 Å². The second kappa shape index (κ2) is 6.49. The maximum absolute atomic E-state index is 5.85. The number of hydrogen-bond acceptors (Lipinski definition) is 7. The van der Waals surface area contributed by atoms with Gasteiger partial charge in [0.05, 0.1) is 33.3 Å². The molecule has 0 spiro atoms. The molecular formula is C17H17N3O4. The molecule has 24 heavy (non-hydrogen) atoms. The van der Waals surface area contributed by atoms with Crippen LogP contribution in [-0.2, 0) is 0 Å². The average molecular weight is 327 g/mol. The van der Waals surface area contributed by atoms with Gasteiger partial charge in [-0.2, -0.15) is 0 Å². The van der Waals surface area contributed by atoms with Gasteiger partial charge in [0.1, 0.15) is 5.69 Å². The van der Waals surface area contributed by atoms with Crippen molar-refractivity contribution >= 4 is 5.95 Å². The Morgan fingerprint density at radius 1 is 0.917 bits per heavy atom. The lowest BCUT2D eigenvalue weighted by atomic mass is 10.1. The van der Waals surface area contributed by atoms with Gasteiger partial charge in [0.2, 0.25) is 11.7 Å². The van der Waals surface area contributed by atoms with Crippen LogP contribution >= 0.6 is 0 Å². The normalized spacial score (nSPS) is 10.5. The number of ether oxygens (including phenoxy) is 3. The Hall–Kier alpha value is -3.22. The molecule has 2 heterocycles. The van der Waals surface area contributed by atoms with Crippen LogP contribution in [0.5, 0.6) is 17.2 Å². The molecule has 124 valence electrons. The van der Waals surface area contributed by atoms with E-state index in [0.717, 1.165) is 5.56 Å². The second-order valence-electron chi connectivity index (χ2n) is 4.89. The summed E-state index contributed by atoms with van der Waals surface area (Å²) in [6, 6.07) is 8.98. The minimum Gasteiger partial charge on any atom is -0.493 e.